The summed E-state index contributed by atoms with van der Waals surface area (Å²) in [6, 6.07) is 9.01. The number of hydrogen-bond acceptors (Lipinski definition) is 3. The van der Waals surface area contributed by atoms with Crippen molar-refractivity contribution in [3.8, 4) is 0 Å². The van der Waals surface area contributed by atoms with Gasteiger partial charge in [0.25, 0.3) is 5.09 Å². The van der Waals surface area contributed by atoms with Gasteiger partial charge >= 0.3 is 0 Å². The highest BCUT2D eigenvalue weighted by Crippen LogP contribution is 2.21. The zero-order chi connectivity index (χ0) is 10.4. The van der Waals surface area contributed by atoms with Crippen LogP contribution in [0.25, 0.3) is 0 Å². The van der Waals surface area contributed by atoms with Crippen molar-refractivity contribution < 1.29 is 9.92 Å². The quantitative estimate of drug-likeness (QED) is 0.431. The van der Waals surface area contributed by atoms with Gasteiger partial charge in [-0.2, -0.15) is 0 Å². The van der Waals surface area contributed by atoms with E-state index in [0.717, 1.165) is 5.56 Å². The van der Waals surface area contributed by atoms with Gasteiger partial charge < -0.3 is 4.84 Å². The average Bonchev–Trinajstić information content (AvgIpc) is 2.18. The fourth-order valence-electron chi connectivity index (χ4n) is 1.15. The van der Waals surface area contributed by atoms with E-state index in [2.05, 4.69) is 4.84 Å². The molecule has 0 aliphatic heterocycles. The Morgan fingerprint density at radius 1 is 1.43 bits per heavy atom. The molecular formula is C9H10ClNO3. The van der Waals surface area contributed by atoms with Gasteiger partial charge in [0.05, 0.1) is 0 Å². The summed E-state index contributed by atoms with van der Waals surface area (Å²) in [5.41, 5.74) is 0.768. The molecule has 76 valence electrons. The molecule has 1 aromatic carbocycles. The van der Waals surface area contributed by atoms with Crippen LogP contribution in [0.2, 0.25) is 0 Å². The summed E-state index contributed by atoms with van der Waals surface area (Å²) in [4.78, 5) is 14.7. The predicted octanol–water partition coefficient (Wildman–Crippen LogP) is 2.56. The van der Waals surface area contributed by atoms with Gasteiger partial charge in [-0.3, -0.25) is 0 Å². The van der Waals surface area contributed by atoms with Crippen LogP contribution in [0.3, 0.4) is 0 Å². The lowest BCUT2D eigenvalue weighted by atomic mass is 10.1. The first-order chi connectivity index (χ1) is 6.74. The SMILES string of the molecule is O=[N+]([O-])OC(CCCl)c1ccccc1. The molecule has 0 N–H and O–H groups in total. The van der Waals surface area contributed by atoms with Gasteiger partial charge in [-0.05, 0) is 12.0 Å². The molecule has 1 atom stereocenters. The lowest BCUT2D eigenvalue weighted by Crippen LogP contribution is -2.10. The number of rotatable bonds is 5. The van der Waals surface area contributed by atoms with Crippen LogP contribution in [-0.2, 0) is 4.84 Å². The smallest absolute Gasteiger partial charge is 0.295 e. The molecule has 0 bridgehead atoms. The van der Waals surface area contributed by atoms with Gasteiger partial charge in [0.2, 0.25) is 0 Å². The van der Waals surface area contributed by atoms with E-state index in [1.165, 1.54) is 0 Å². The van der Waals surface area contributed by atoms with Crippen LogP contribution in [-0.4, -0.2) is 11.0 Å². The fraction of sp³-hybridized carbons (Fsp3) is 0.333. The summed E-state index contributed by atoms with van der Waals surface area (Å²) in [7, 11) is 0. The standard InChI is InChI=1S/C9H10ClNO3/c10-7-6-9(14-11(12)13)8-4-2-1-3-5-8/h1-5,9H,6-7H2. The average molecular weight is 216 g/mol. The normalized spacial score (nSPS) is 12.1. The molecule has 14 heavy (non-hydrogen) atoms. The zero-order valence-corrected chi connectivity index (χ0v) is 8.18. The van der Waals surface area contributed by atoms with Crippen molar-refractivity contribution in [3.63, 3.8) is 0 Å². The lowest BCUT2D eigenvalue weighted by Gasteiger charge is -2.13. The molecule has 0 spiro atoms. The Labute approximate surface area is 86.6 Å². The Bertz CT molecular complexity index is 291. The summed E-state index contributed by atoms with van der Waals surface area (Å²) >= 11 is 5.53. The van der Waals surface area contributed by atoms with Crippen molar-refractivity contribution in [1.29, 1.82) is 0 Å². The summed E-state index contributed by atoms with van der Waals surface area (Å²) in [6.07, 6.45) is -0.143. The highest BCUT2D eigenvalue weighted by Gasteiger charge is 2.14. The second-order valence-corrected chi connectivity index (χ2v) is 3.08. The highest BCUT2D eigenvalue weighted by molar-refractivity contribution is 6.17. The first kappa shape index (κ1) is 10.8. The minimum absolute atomic E-state index is 0.327. The van der Waals surface area contributed by atoms with Crippen LogP contribution in [0.4, 0.5) is 0 Å². The third-order valence-corrected chi connectivity index (χ3v) is 1.97. The maximum Gasteiger partial charge on any atom is 0.295 e. The molecule has 4 nitrogen and oxygen atoms in total. The van der Waals surface area contributed by atoms with Crippen molar-refractivity contribution in [2.24, 2.45) is 0 Å². The molecule has 1 unspecified atom stereocenters. The number of nitrogens with zero attached hydrogens (tertiary/aromatic N) is 1. The Hall–Kier alpha value is -1.29. The summed E-state index contributed by atoms with van der Waals surface area (Å²) in [5.74, 6) is 0.327. The minimum Gasteiger partial charge on any atom is -0.306 e. The van der Waals surface area contributed by atoms with E-state index in [9.17, 15) is 10.1 Å². The third-order valence-electron chi connectivity index (χ3n) is 1.76. The first-order valence-corrected chi connectivity index (χ1v) is 4.69. The van der Waals surface area contributed by atoms with Gasteiger partial charge in [0.15, 0.2) is 0 Å². The van der Waals surface area contributed by atoms with Crippen LogP contribution < -0.4 is 0 Å². The molecule has 0 aliphatic rings. The van der Waals surface area contributed by atoms with Gasteiger partial charge in [-0.15, -0.1) is 21.7 Å². The molecule has 0 fully saturated rings. The summed E-state index contributed by atoms with van der Waals surface area (Å²) < 4.78 is 0. The zero-order valence-electron chi connectivity index (χ0n) is 7.43. The van der Waals surface area contributed by atoms with Gasteiger partial charge in [-0.1, -0.05) is 30.3 Å². The molecule has 0 aromatic heterocycles. The van der Waals surface area contributed by atoms with Gasteiger partial charge in [0.1, 0.15) is 6.10 Å². The van der Waals surface area contributed by atoms with Crippen molar-refractivity contribution in [3.05, 3.63) is 46.0 Å². The van der Waals surface area contributed by atoms with Crippen LogP contribution in [0, 0.1) is 10.1 Å². The summed E-state index contributed by atoms with van der Waals surface area (Å²) in [5, 5.41) is 9.41. The Kier molecular flexibility index (Phi) is 4.19. The van der Waals surface area contributed by atoms with E-state index in [1.807, 2.05) is 6.07 Å². The Morgan fingerprint density at radius 2 is 2.07 bits per heavy atom. The molecule has 0 radical (unpaired) electrons. The molecule has 5 heteroatoms. The second kappa shape index (κ2) is 5.44. The fourth-order valence-corrected chi connectivity index (χ4v) is 1.35. The lowest BCUT2D eigenvalue weighted by molar-refractivity contribution is -0.771. The van der Waals surface area contributed by atoms with Crippen molar-refractivity contribution >= 4 is 11.6 Å². The minimum atomic E-state index is -0.787. The predicted molar refractivity (Wildman–Crippen MR) is 52.6 cm³/mol. The molecule has 0 amide bonds. The number of benzene rings is 1. The monoisotopic (exact) mass is 215 g/mol. The highest BCUT2D eigenvalue weighted by atomic mass is 35.5. The molecule has 1 rings (SSSR count). The number of alkyl halides is 1. The van der Waals surface area contributed by atoms with Crippen LogP contribution >= 0.6 is 11.6 Å². The number of halogens is 1. The van der Waals surface area contributed by atoms with Crippen LogP contribution in [0.5, 0.6) is 0 Å². The van der Waals surface area contributed by atoms with Crippen LogP contribution in [0.15, 0.2) is 30.3 Å². The maximum atomic E-state index is 10.2. The molecular weight excluding hydrogens is 206 g/mol. The van der Waals surface area contributed by atoms with E-state index in [0.29, 0.717) is 12.3 Å². The van der Waals surface area contributed by atoms with Gasteiger partial charge in [-0.25, -0.2) is 0 Å². The maximum absolute atomic E-state index is 10.2. The van der Waals surface area contributed by atoms with E-state index in [-0.39, 0.29) is 0 Å². The molecule has 0 saturated carbocycles. The van der Waals surface area contributed by atoms with E-state index in [4.69, 9.17) is 11.6 Å². The van der Waals surface area contributed by atoms with E-state index in [1.54, 1.807) is 24.3 Å². The molecule has 0 heterocycles. The molecule has 0 aliphatic carbocycles. The van der Waals surface area contributed by atoms with Gasteiger partial charge in [0, 0.05) is 5.88 Å². The van der Waals surface area contributed by atoms with E-state index >= 15 is 0 Å². The third kappa shape index (κ3) is 3.22. The van der Waals surface area contributed by atoms with Crippen LogP contribution in [0.1, 0.15) is 18.1 Å². The Morgan fingerprint density at radius 3 is 2.57 bits per heavy atom. The topological polar surface area (TPSA) is 52.4 Å². The summed E-state index contributed by atoms with van der Waals surface area (Å²) in [6.45, 7) is 0. The van der Waals surface area contributed by atoms with Crippen molar-refractivity contribution in [1.82, 2.24) is 0 Å². The van der Waals surface area contributed by atoms with Crippen molar-refractivity contribution in [2.75, 3.05) is 5.88 Å². The van der Waals surface area contributed by atoms with Crippen molar-refractivity contribution in [2.45, 2.75) is 12.5 Å². The molecule has 1 aromatic rings. The first-order valence-electron chi connectivity index (χ1n) is 4.16. The number of hydrogen-bond donors (Lipinski definition) is 0. The largest absolute Gasteiger partial charge is 0.306 e. The van der Waals surface area contributed by atoms with E-state index < -0.39 is 11.2 Å². The Balaban J connectivity index is 2.72. The molecule has 0 saturated heterocycles. The second-order valence-electron chi connectivity index (χ2n) is 2.71.